The Morgan fingerprint density at radius 2 is 1.84 bits per heavy atom. The van der Waals surface area contributed by atoms with E-state index in [9.17, 15) is 19.5 Å². The fraction of sp³-hybridized carbons (Fsp3) is 0.812. The number of unbranched alkanes of at least 4 members (excludes halogenated alkanes) is 1. The maximum atomic E-state index is 12.8. The molecule has 0 saturated heterocycles. The van der Waals surface area contributed by atoms with Gasteiger partial charge in [0.1, 0.15) is 5.60 Å². The number of nitrogens with two attached hydrogens (primary N) is 2. The lowest BCUT2D eigenvalue weighted by Gasteiger charge is -2.32. The number of ether oxygens (including phenoxy) is 1. The Kier molecular flexibility index (Phi) is 10.1. The Labute approximate surface area is 153 Å². The molecule has 9 heteroatoms. The summed E-state index contributed by atoms with van der Waals surface area (Å²) in [6.07, 6.45) is 2.34. The molecule has 0 saturated carbocycles. The Bertz CT molecular complexity index is 467. The molecular weight excluding hydrogens is 346 g/mol. The number of amides is 1. The van der Waals surface area contributed by atoms with Crippen molar-refractivity contribution in [2.24, 2.45) is 11.5 Å². The van der Waals surface area contributed by atoms with Gasteiger partial charge in [-0.05, 0) is 58.6 Å². The Balaban J connectivity index is 5.45. The van der Waals surface area contributed by atoms with E-state index in [2.05, 4.69) is 5.32 Å². The number of rotatable bonds is 11. The molecule has 0 spiro atoms. The first-order chi connectivity index (χ1) is 11.5. The lowest BCUT2D eigenvalue weighted by atomic mass is 9.85. The summed E-state index contributed by atoms with van der Waals surface area (Å²) in [7, 11) is 0. The van der Waals surface area contributed by atoms with Crippen molar-refractivity contribution in [3.8, 4) is 0 Å². The van der Waals surface area contributed by atoms with Crippen molar-refractivity contribution in [2.75, 3.05) is 18.6 Å². The Morgan fingerprint density at radius 3 is 2.28 bits per heavy atom. The molecule has 6 N–H and O–H groups in total. The highest BCUT2D eigenvalue weighted by atomic mass is 32.2. The average molecular weight is 378 g/mol. The van der Waals surface area contributed by atoms with Gasteiger partial charge in [-0.2, -0.15) is 11.8 Å². The summed E-state index contributed by atoms with van der Waals surface area (Å²) in [5.74, 6) is -1.80. The van der Waals surface area contributed by atoms with Crippen LogP contribution in [0.4, 0.5) is 4.79 Å². The zero-order valence-electron chi connectivity index (χ0n) is 15.5. The zero-order valence-corrected chi connectivity index (χ0v) is 16.3. The van der Waals surface area contributed by atoms with Crippen molar-refractivity contribution in [1.29, 1.82) is 0 Å². The minimum atomic E-state index is -2.10. The highest BCUT2D eigenvalue weighted by Gasteiger charge is 2.49. The molecule has 0 fully saturated rings. The van der Waals surface area contributed by atoms with Crippen LogP contribution in [0.15, 0.2) is 0 Å². The zero-order chi connectivity index (χ0) is 19.7. The standard InChI is InChI=1S/C16H31N3O5S/c1-15(2,3)24-14(23)19-16(13(21)22,8-10-25-4)12(20)11(18)7-5-6-9-17/h11H,5-10,17-18H2,1-4H3,(H,19,23)(H,21,22)/t11-,16+/m0/s1. The molecule has 0 aliphatic rings. The van der Waals surface area contributed by atoms with Crippen LogP contribution in [0.1, 0.15) is 46.5 Å². The van der Waals surface area contributed by atoms with Crippen molar-refractivity contribution in [3.05, 3.63) is 0 Å². The third-order valence-electron chi connectivity index (χ3n) is 3.49. The maximum Gasteiger partial charge on any atom is 0.408 e. The summed E-state index contributed by atoms with van der Waals surface area (Å²) < 4.78 is 5.12. The van der Waals surface area contributed by atoms with Crippen LogP contribution in [-0.4, -0.2) is 58.7 Å². The minimum absolute atomic E-state index is 0.0772. The summed E-state index contributed by atoms with van der Waals surface area (Å²) in [5.41, 5.74) is 8.40. The summed E-state index contributed by atoms with van der Waals surface area (Å²) in [5, 5.41) is 12.0. The predicted molar refractivity (Wildman–Crippen MR) is 98.6 cm³/mol. The molecule has 0 aliphatic carbocycles. The van der Waals surface area contributed by atoms with Crippen molar-refractivity contribution in [1.82, 2.24) is 5.32 Å². The van der Waals surface area contributed by atoms with E-state index < -0.39 is 35.0 Å². The number of aliphatic carboxylic acids is 1. The van der Waals surface area contributed by atoms with E-state index in [0.29, 0.717) is 31.6 Å². The van der Waals surface area contributed by atoms with Gasteiger partial charge in [0.25, 0.3) is 0 Å². The number of carbonyl (C=O) groups is 3. The molecule has 0 aromatic heterocycles. The molecule has 0 aromatic carbocycles. The molecule has 8 nitrogen and oxygen atoms in total. The van der Waals surface area contributed by atoms with Crippen LogP contribution < -0.4 is 16.8 Å². The van der Waals surface area contributed by atoms with Crippen molar-refractivity contribution >= 4 is 29.6 Å². The van der Waals surface area contributed by atoms with Crippen LogP contribution in [0.25, 0.3) is 0 Å². The normalized spacial score (nSPS) is 15.1. The number of ketones is 1. The maximum absolute atomic E-state index is 12.8. The van der Waals surface area contributed by atoms with Gasteiger partial charge in [0.05, 0.1) is 6.04 Å². The molecule has 0 rings (SSSR count). The van der Waals surface area contributed by atoms with Gasteiger partial charge in [0.2, 0.25) is 5.54 Å². The third kappa shape index (κ3) is 8.06. The average Bonchev–Trinajstić information content (AvgIpc) is 2.48. The smallest absolute Gasteiger partial charge is 0.408 e. The van der Waals surface area contributed by atoms with Gasteiger partial charge in [-0.1, -0.05) is 6.42 Å². The molecule has 1 amide bonds. The number of carboxylic acid groups (broad SMARTS) is 1. The molecule has 0 aromatic rings. The Hall–Kier alpha value is -1.32. The van der Waals surface area contributed by atoms with E-state index >= 15 is 0 Å². The second-order valence-electron chi connectivity index (χ2n) is 6.84. The highest BCUT2D eigenvalue weighted by molar-refractivity contribution is 7.98. The molecule has 25 heavy (non-hydrogen) atoms. The number of hydrogen-bond acceptors (Lipinski definition) is 7. The van der Waals surface area contributed by atoms with Gasteiger partial charge in [-0.25, -0.2) is 9.59 Å². The van der Waals surface area contributed by atoms with E-state index in [-0.39, 0.29) is 6.42 Å². The molecule has 0 heterocycles. The van der Waals surface area contributed by atoms with Gasteiger partial charge >= 0.3 is 12.1 Å². The first-order valence-electron chi connectivity index (χ1n) is 8.23. The van der Waals surface area contributed by atoms with Gasteiger partial charge in [-0.15, -0.1) is 0 Å². The minimum Gasteiger partial charge on any atom is -0.479 e. The molecule has 146 valence electrons. The number of carbonyl (C=O) groups excluding carboxylic acids is 2. The number of Topliss-reactive ketones (excluding diaryl/α,β-unsaturated/α-hetero) is 1. The molecular formula is C16H31N3O5S. The Morgan fingerprint density at radius 1 is 1.24 bits per heavy atom. The van der Waals surface area contributed by atoms with Crippen LogP contribution in [0.3, 0.4) is 0 Å². The second kappa shape index (κ2) is 10.6. The lowest BCUT2D eigenvalue weighted by molar-refractivity contribution is -0.151. The highest BCUT2D eigenvalue weighted by Crippen LogP contribution is 2.20. The fourth-order valence-corrected chi connectivity index (χ4v) is 2.71. The van der Waals surface area contributed by atoms with E-state index in [1.165, 1.54) is 11.8 Å². The van der Waals surface area contributed by atoms with Crippen LogP contribution in [-0.2, 0) is 14.3 Å². The SMILES string of the molecule is CSCC[C@](NC(=O)OC(C)(C)C)(C(=O)O)C(=O)[C@@H](N)CCCCN. The number of thioether (sulfide) groups is 1. The molecule has 0 aliphatic heterocycles. The van der Waals surface area contributed by atoms with Gasteiger partial charge < -0.3 is 21.3 Å². The van der Waals surface area contributed by atoms with Crippen LogP contribution in [0.2, 0.25) is 0 Å². The molecule has 2 atom stereocenters. The van der Waals surface area contributed by atoms with E-state index in [1.807, 2.05) is 0 Å². The predicted octanol–water partition coefficient (Wildman–Crippen LogP) is 1.11. The number of hydrogen-bond donors (Lipinski definition) is 4. The van der Waals surface area contributed by atoms with E-state index in [1.54, 1.807) is 27.0 Å². The van der Waals surface area contributed by atoms with Crippen molar-refractivity contribution < 1.29 is 24.2 Å². The monoisotopic (exact) mass is 377 g/mol. The van der Waals surface area contributed by atoms with E-state index in [4.69, 9.17) is 16.2 Å². The number of alkyl carbamates (subject to hydrolysis) is 1. The lowest BCUT2D eigenvalue weighted by Crippen LogP contribution is -2.64. The van der Waals surface area contributed by atoms with Gasteiger partial charge in [-0.3, -0.25) is 10.1 Å². The van der Waals surface area contributed by atoms with Crippen LogP contribution in [0.5, 0.6) is 0 Å². The second-order valence-corrected chi connectivity index (χ2v) is 7.82. The largest absolute Gasteiger partial charge is 0.479 e. The molecule has 0 radical (unpaired) electrons. The quantitative estimate of drug-likeness (QED) is 0.309. The first-order valence-corrected chi connectivity index (χ1v) is 9.63. The third-order valence-corrected chi connectivity index (χ3v) is 4.10. The van der Waals surface area contributed by atoms with Crippen molar-refractivity contribution in [2.45, 2.75) is 63.6 Å². The first kappa shape index (κ1) is 23.7. The van der Waals surface area contributed by atoms with Gasteiger partial charge in [0, 0.05) is 0 Å². The van der Waals surface area contributed by atoms with Gasteiger partial charge in [0.15, 0.2) is 5.78 Å². The fourth-order valence-electron chi connectivity index (χ4n) is 2.20. The van der Waals surface area contributed by atoms with Crippen LogP contribution >= 0.6 is 11.8 Å². The van der Waals surface area contributed by atoms with Crippen LogP contribution in [0, 0.1) is 0 Å². The summed E-state index contributed by atoms with van der Waals surface area (Å²) in [6.45, 7) is 5.42. The number of carboxylic acids is 1. The van der Waals surface area contributed by atoms with Crippen molar-refractivity contribution in [3.63, 3.8) is 0 Å². The topological polar surface area (TPSA) is 145 Å². The summed E-state index contributed by atoms with van der Waals surface area (Å²) in [4.78, 5) is 36.8. The number of nitrogens with one attached hydrogen (secondary N) is 1. The van der Waals surface area contributed by atoms with E-state index in [0.717, 1.165) is 0 Å². The summed E-state index contributed by atoms with van der Waals surface area (Å²) >= 11 is 1.37. The molecule has 0 bridgehead atoms. The summed E-state index contributed by atoms with van der Waals surface area (Å²) in [6, 6.07) is -1.00. The molecule has 0 unspecified atom stereocenters.